The quantitative estimate of drug-likeness (QED) is 0.716. The lowest BCUT2D eigenvalue weighted by Gasteiger charge is -2.30. The summed E-state index contributed by atoms with van der Waals surface area (Å²) in [5.74, 6) is -0.451. The lowest BCUT2D eigenvalue weighted by molar-refractivity contribution is 0.0939. The third-order valence-corrected chi connectivity index (χ3v) is 4.94. The SMILES string of the molecule is CC(NC(=O)c1ccc(F)cc1)c1ccc2c(n1)CCCN2c1cc(F)ccn1. The van der Waals surface area contributed by atoms with Gasteiger partial charge in [0.25, 0.3) is 5.91 Å². The van der Waals surface area contributed by atoms with Crippen molar-refractivity contribution in [3.8, 4) is 0 Å². The Balaban J connectivity index is 1.54. The highest BCUT2D eigenvalue weighted by Crippen LogP contribution is 2.32. The van der Waals surface area contributed by atoms with Gasteiger partial charge in [-0.1, -0.05) is 0 Å². The molecular weight excluding hydrogens is 374 g/mol. The number of nitrogens with one attached hydrogen (secondary N) is 1. The highest BCUT2D eigenvalue weighted by atomic mass is 19.1. The molecule has 0 saturated carbocycles. The summed E-state index contributed by atoms with van der Waals surface area (Å²) in [7, 11) is 0. The Hall–Kier alpha value is -3.35. The van der Waals surface area contributed by atoms with Gasteiger partial charge in [-0.25, -0.2) is 13.8 Å². The molecule has 0 saturated heterocycles. The van der Waals surface area contributed by atoms with Crippen LogP contribution in [0.5, 0.6) is 0 Å². The van der Waals surface area contributed by atoms with Crippen molar-refractivity contribution in [3.63, 3.8) is 0 Å². The summed E-state index contributed by atoms with van der Waals surface area (Å²) < 4.78 is 26.7. The Morgan fingerprint density at radius 2 is 1.90 bits per heavy atom. The average molecular weight is 394 g/mol. The van der Waals surface area contributed by atoms with E-state index in [-0.39, 0.29) is 23.6 Å². The van der Waals surface area contributed by atoms with Crippen LogP contribution >= 0.6 is 0 Å². The van der Waals surface area contributed by atoms with E-state index in [9.17, 15) is 13.6 Å². The van der Waals surface area contributed by atoms with Gasteiger partial charge in [0.05, 0.1) is 23.1 Å². The summed E-state index contributed by atoms with van der Waals surface area (Å²) >= 11 is 0. The van der Waals surface area contributed by atoms with Crippen LogP contribution in [-0.4, -0.2) is 22.4 Å². The fourth-order valence-electron chi connectivity index (χ4n) is 3.44. The van der Waals surface area contributed by atoms with Crippen LogP contribution in [0.2, 0.25) is 0 Å². The van der Waals surface area contributed by atoms with E-state index >= 15 is 0 Å². The Morgan fingerprint density at radius 3 is 2.66 bits per heavy atom. The first-order chi connectivity index (χ1) is 14.0. The van der Waals surface area contributed by atoms with Crippen molar-refractivity contribution in [2.45, 2.75) is 25.8 Å². The van der Waals surface area contributed by atoms with E-state index in [2.05, 4.69) is 10.3 Å². The first kappa shape index (κ1) is 19.0. The van der Waals surface area contributed by atoms with Crippen LogP contribution in [0.3, 0.4) is 0 Å². The normalized spacial score (nSPS) is 14.2. The maximum absolute atomic E-state index is 13.6. The average Bonchev–Trinajstić information content (AvgIpc) is 2.73. The second kappa shape index (κ2) is 7.95. The van der Waals surface area contributed by atoms with E-state index in [1.807, 2.05) is 24.0 Å². The first-order valence-electron chi connectivity index (χ1n) is 9.46. The molecule has 148 valence electrons. The highest BCUT2D eigenvalue weighted by molar-refractivity contribution is 5.94. The van der Waals surface area contributed by atoms with Gasteiger partial charge in [0, 0.05) is 24.4 Å². The number of carbonyl (C=O) groups excluding carboxylic acids is 1. The van der Waals surface area contributed by atoms with E-state index < -0.39 is 0 Å². The number of aromatic nitrogens is 2. The number of benzene rings is 1. The molecule has 0 spiro atoms. The summed E-state index contributed by atoms with van der Waals surface area (Å²) in [6.07, 6.45) is 3.12. The molecule has 4 rings (SSSR count). The van der Waals surface area contributed by atoms with Gasteiger partial charge in [-0.2, -0.15) is 0 Å². The van der Waals surface area contributed by atoms with Crippen LogP contribution in [0.25, 0.3) is 0 Å². The van der Waals surface area contributed by atoms with Crippen molar-refractivity contribution in [1.29, 1.82) is 0 Å². The second-order valence-corrected chi connectivity index (χ2v) is 6.99. The number of amides is 1. The fraction of sp³-hybridized carbons (Fsp3) is 0.227. The molecule has 3 aromatic rings. The molecule has 0 radical (unpaired) electrons. The molecule has 1 amide bonds. The third-order valence-electron chi connectivity index (χ3n) is 4.94. The van der Waals surface area contributed by atoms with E-state index in [4.69, 9.17) is 4.98 Å². The molecule has 5 nitrogen and oxygen atoms in total. The van der Waals surface area contributed by atoms with E-state index in [0.29, 0.717) is 11.4 Å². The number of aryl methyl sites for hydroxylation is 1. The molecule has 0 bridgehead atoms. The number of halogens is 2. The van der Waals surface area contributed by atoms with Crippen LogP contribution in [0.1, 0.15) is 41.1 Å². The second-order valence-electron chi connectivity index (χ2n) is 6.99. The van der Waals surface area contributed by atoms with Crippen molar-refractivity contribution in [3.05, 3.63) is 83.3 Å². The lowest BCUT2D eigenvalue weighted by atomic mass is 10.1. The van der Waals surface area contributed by atoms with Gasteiger partial charge in [-0.15, -0.1) is 0 Å². The van der Waals surface area contributed by atoms with Gasteiger partial charge >= 0.3 is 0 Å². The number of nitrogens with zero attached hydrogens (tertiary/aromatic N) is 3. The van der Waals surface area contributed by atoms with Crippen molar-refractivity contribution >= 4 is 17.4 Å². The van der Waals surface area contributed by atoms with Crippen molar-refractivity contribution in [2.24, 2.45) is 0 Å². The number of hydrogen-bond donors (Lipinski definition) is 1. The summed E-state index contributed by atoms with van der Waals surface area (Å²) in [5, 5.41) is 2.89. The molecule has 2 aromatic heterocycles. The lowest BCUT2D eigenvalue weighted by Crippen LogP contribution is -2.29. The van der Waals surface area contributed by atoms with E-state index in [1.165, 1.54) is 42.6 Å². The topological polar surface area (TPSA) is 58.1 Å². The van der Waals surface area contributed by atoms with Crippen molar-refractivity contribution in [2.75, 3.05) is 11.4 Å². The molecular formula is C22H20F2N4O. The van der Waals surface area contributed by atoms with Crippen LogP contribution in [0.15, 0.2) is 54.7 Å². The van der Waals surface area contributed by atoms with Gasteiger partial charge in [0.15, 0.2) is 0 Å². The number of carbonyl (C=O) groups is 1. The number of hydrogen-bond acceptors (Lipinski definition) is 4. The minimum Gasteiger partial charge on any atom is -0.344 e. The number of fused-ring (bicyclic) bond motifs is 1. The van der Waals surface area contributed by atoms with Gasteiger partial charge in [-0.3, -0.25) is 9.78 Å². The van der Waals surface area contributed by atoms with E-state index in [1.54, 1.807) is 0 Å². The largest absolute Gasteiger partial charge is 0.344 e. The van der Waals surface area contributed by atoms with Crippen molar-refractivity contribution < 1.29 is 13.6 Å². The number of anilines is 2. The number of pyridine rings is 2. The zero-order valence-corrected chi connectivity index (χ0v) is 15.9. The zero-order valence-electron chi connectivity index (χ0n) is 15.9. The minimum atomic E-state index is -0.386. The summed E-state index contributed by atoms with van der Waals surface area (Å²) in [6, 6.07) is 11.6. The molecule has 29 heavy (non-hydrogen) atoms. The van der Waals surface area contributed by atoms with Gasteiger partial charge in [0.2, 0.25) is 0 Å². The van der Waals surface area contributed by atoms with Crippen molar-refractivity contribution in [1.82, 2.24) is 15.3 Å². The standard InChI is InChI=1S/C22H20F2N4O/c1-14(26-22(29)15-4-6-16(23)7-5-15)18-8-9-20-19(27-18)3-2-12-28(20)21-13-17(24)10-11-25-21/h4-11,13-14H,2-3,12H2,1H3,(H,26,29). The maximum atomic E-state index is 13.6. The van der Waals surface area contributed by atoms with Crippen LogP contribution in [0.4, 0.5) is 20.3 Å². The smallest absolute Gasteiger partial charge is 0.251 e. The monoisotopic (exact) mass is 394 g/mol. The van der Waals surface area contributed by atoms with E-state index in [0.717, 1.165) is 36.5 Å². The van der Waals surface area contributed by atoms with Gasteiger partial charge in [0.1, 0.15) is 17.5 Å². The van der Waals surface area contributed by atoms with Crippen LogP contribution in [0, 0.1) is 11.6 Å². The van der Waals surface area contributed by atoms with Gasteiger partial charge in [-0.05, 0) is 62.2 Å². The zero-order chi connectivity index (χ0) is 20.4. The molecule has 0 aliphatic carbocycles. The minimum absolute atomic E-state index is 0.289. The summed E-state index contributed by atoms with van der Waals surface area (Å²) in [6.45, 7) is 2.59. The predicted molar refractivity (Wildman–Crippen MR) is 106 cm³/mol. The first-order valence-corrected chi connectivity index (χ1v) is 9.46. The van der Waals surface area contributed by atoms with Crippen LogP contribution < -0.4 is 10.2 Å². The molecule has 0 fully saturated rings. The van der Waals surface area contributed by atoms with Gasteiger partial charge < -0.3 is 10.2 Å². The molecule has 1 atom stereocenters. The molecule has 3 heterocycles. The molecule has 7 heteroatoms. The summed E-state index contributed by atoms with van der Waals surface area (Å²) in [5.41, 5.74) is 2.91. The summed E-state index contributed by atoms with van der Waals surface area (Å²) in [4.78, 5) is 23.4. The highest BCUT2D eigenvalue weighted by Gasteiger charge is 2.22. The Morgan fingerprint density at radius 1 is 1.10 bits per heavy atom. The molecule has 1 aromatic carbocycles. The fourth-order valence-corrected chi connectivity index (χ4v) is 3.44. The number of rotatable bonds is 4. The molecule has 1 aliphatic heterocycles. The third kappa shape index (κ3) is 4.08. The van der Waals surface area contributed by atoms with Crippen LogP contribution in [-0.2, 0) is 6.42 Å². The molecule has 1 unspecified atom stereocenters. The Kier molecular flexibility index (Phi) is 5.20. The molecule has 1 N–H and O–H groups in total. The maximum Gasteiger partial charge on any atom is 0.251 e. The Labute approximate surface area is 167 Å². The molecule has 1 aliphatic rings. The Bertz CT molecular complexity index is 1040. The predicted octanol–water partition coefficient (Wildman–Crippen LogP) is 4.33.